The first-order valence-corrected chi connectivity index (χ1v) is 10.2. The summed E-state index contributed by atoms with van der Waals surface area (Å²) in [6.07, 6.45) is 6.19. The van der Waals surface area contributed by atoms with Gasteiger partial charge in [-0.15, -0.1) is 0 Å². The van der Waals surface area contributed by atoms with E-state index in [4.69, 9.17) is 9.15 Å². The van der Waals surface area contributed by atoms with Crippen LogP contribution >= 0.6 is 0 Å². The molecule has 2 aliphatic heterocycles. The Morgan fingerprint density at radius 1 is 1.22 bits per heavy atom. The fourth-order valence-corrected chi connectivity index (χ4v) is 4.78. The van der Waals surface area contributed by atoms with Crippen LogP contribution in [0.25, 0.3) is 11.3 Å². The topological polar surface area (TPSA) is 45.9 Å². The zero-order valence-corrected chi connectivity index (χ0v) is 16.4. The highest BCUT2D eigenvalue weighted by atomic mass is 16.5. The number of amides is 1. The van der Waals surface area contributed by atoms with Crippen molar-refractivity contribution in [2.45, 2.75) is 56.7 Å². The molecule has 4 rings (SSSR count). The summed E-state index contributed by atoms with van der Waals surface area (Å²) in [7, 11) is 3.74. The Balaban J connectivity index is 1.48. The zero-order chi connectivity index (χ0) is 18.8. The highest BCUT2D eigenvalue weighted by Crippen LogP contribution is 2.31. The summed E-state index contributed by atoms with van der Waals surface area (Å²) in [5.74, 6) is 1.69. The highest BCUT2D eigenvalue weighted by molar-refractivity contribution is 5.78. The summed E-state index contributed by atoms with van der Waals surface area (Å²) in [4.78, 5) is 17.6. The quantitative estimate of drug-likeness (QED) is 0.809. The van der Waals surface area contributed by atoms with Gasteiger partial charge in [-0.05, 0) is 63.4 Å². The van der Waals surface area contributed by atoms with Gasteiger partial charge < -0.3 is 14.1 Å². The fraction of sp³-hybridized carbons (Fsp3) is 0.591. The maximum Gasteiger partial charge on any atom is 0.230 e. The predicted octanol–water partition coefficient (Wildman–Crippen LogP) is 3.42. The molecule has 3 unspecified atom stereocenters. The molecule has 0 bridgehead atoms. The minimum absolute atomic E-state index is 0.121. The van der Waals surface area contributed by atoms with Gasteiger partial charge >= 0.3 is 0 Å². The summed E-state index contributed by atoms with van der Waals surface area (Å²) in [6.45, 7) is 2.31. The van der Waals surface area contributed by atoms with Crippen LogP contribution in [-0.2, 0) is 16.0 Å². The molecular weight excluding hydrogens is 340 g/mol. The van der Waals surface area contributed by atoms with Gasteiger partial charge in [0, 0.05) is 31.8 Å². The van der Waals surface area contributed by atoms with Gasteiger partial charge in [0.15, 0.2) is 0 Å². The van der Waals surface area contributed by atoms with E-state index in [1.807, 2.05) is 42.3 Å². The van der Waals surface area contributed by atoms with Crippen LogP contribution in [0, 0.1) is 0 Å². The van der Waals surface area contributed by atoms with E-state index in [2.05, 4.69) is 4.90 Å². The number of carbonyl (C=O) groups excluding carboxylic acids is 1. The SMILES string of the molecule is COC1CCC(N2CCCC2)C(N(C)C(=O)Cc2ccc3cccc-3o2)C1. The van der Waals surface area contributed by atoms with Crippen LogP contribution in [0.5, 0.6) is 0 Å². The summed E-state index contributed by atoms with van der Waals surface area (Å²) in [5, 5.41) is 0. The third kappa shape index (κ3) is 3.90. The molecule has 1 saturated carbocycles. The minimum atomic E-state index is 0.121. The molecule has 0 radical (unpaired) electrons. The number of carbonyl (C=O) groups is 1. The summed E-state index contributed by atoms with van der Waals surface area (Å²) < 4.78 is 11.5. The van der Waals surface area contributed by atoms with Crippen LogP contribution in [0.4, 0.5) is 0 Å². The first-order valence-electron chi connectivity index (χ1n) is 10.2. The number of fused-ring (bicyclic) bond motifs is 1. The monoisotopic (exact) mass is 370 g/mol. The number of hydrogen-bond donors (Lipinski definition) is 0. The third-order valence-corrected chi connectivity index (χ3v) is 6.39. The van der Waals surface area contributed by atoms with Gasteiger partial charge in [0.25, 0.3) is 0 Å². The molecule has 3 atom stereocenters. The molecule has 4 aliphatic rings. The van der Waals surface area contributed by atoms with Crippen LogP contribution in [0.3, 0.4) is 0 Å². The number of methoxy groups -OCH3 is 1. The lowest BCUT2D eigenvalue weighted by Gasteiger charge is -2.44. The average molecular weight is 370 g/mol. The maximum atomic E-state index is 13.0. The van der Waals surface area contributed by atoms with Gasteiger partial charge in [0.05, 0.1) is 12.5 Å². The first kappa shape index (κ1) is 18.5. The molecule has 2 heterocycles. The van der Waals surface area contributed by atoms with E-state index in [1.54, 1.807) is 7.11 Å². The largest absolute Gasteiger partial charge is 0.461 e. The van der Waals surface area contributed by atoms with Gasteiger partial charge in [-0.3, -0.25) is 9.69 Å². The van der Waals surface area contributed by atoms with E-state index in [9.17, 15) is 4.79 Å². The lowest BCUT2D eigenvalue weighted by Crippen LogP contribution is -2.55. The number of rotatable bonds is 5. The Bertz CT molecular complexity index is 737. The normalized spacial score (nSPS) is 26.5. The van der Waals surface area contributed by atoms with Crippen molar-refractivity contribution in [1.29, 1.82) is 0 Å². The Morgan fingerprint density at radius 3 is 2.81 bits per heavy atom. The standard InChI is InChI=1S/C22H30N2O3/c1-23(22(25)15-18-9-8-16-6-5-7-21(16)27-18)20-14-17(26-2)10-11-19(20)24-12-3-4-13-24/h5-9,17,19-20H,3-4,10-15H2,1-2H3. The Kier molecular flexibility index (Phi) is 5.50. The average Bonchev–Trinajstić information content (AvgIpc) is 3.38. The molecule has 0 spiro atoms. The summed E-state index contributed by atoms with van der Waals surface area (Å²) >= 11 is 0. The number of likely N-dealkylation sites (tertiary alicyclic amines) is 1. The van der Waals surface area contributed by atoms with Gasteiger partial charge in [-0.2, -0.15) is 0 Å². The number of hydrogen-bond acceptors (Lipinski definition) is 4. The molecule has 27 heavy (non-hydrogen) atoms. The van der Waals surface area contributed by atoms with Crippen molar-refractivity contribution in [2.75, 3.05) is 27.2 Å². The number of nitrogens with zero attached hydrogens (tertiary/aromatic N) is 2. The third-order valence-electron chi connectivity index (χ3n) is 6.39. The molecule has 1 amide bonds. The van der Waals surface area contributed by atoms with Crippen molar-refractivity contribution in [2.24, 2.45) is 0 Å². The van der Waals surface area contributed by atoms with E-state index < -0.39 is 0 Å². The molecule has 0 aromatic carbocycles. The van der Waals surface area contributed by atoms with Crippen LogP contribution in [-0.4, -0.2) is 61.1 Å². The minimum Gasteiger partial charge on any atom is -0.461 e. The molecule has 2 aliphatic carbocycles. The zero-order valence-electron chi connectivity index (χ0n) is 16.4. The van der Waals surface area contributed by atoms with Crippen molar-refractivity contribution in [3.8, 4) is 11.3 Å². The van der Waals surface area contributed by atoms with Crippen molar-refractivity contribution < 1.29 is 13.9 Å². The van der Waals surface area contributed by atoms with Gasteiger partial charge in [-0.1, -0.05) is 12.1 Å². The van der Waals surface area contributed by atoms with E-state index in [0.29, 0.717) is 12.5 Å². The predicted molar refractivity (Wildman–Crippen MR) is 105 cm³/mol. The Hall–Kier alpha value is -1.85. The first-order chi connectivity index (χ1) is 13.2. The molecule has 0 aromatic heterocycles. The molecule has 0 N–H and O–H groups in total. The Labute approximate surface area is 161 Å². The van der Waals surface area contributed by atoms with E-state index in [-0.39, 0.29) is 18.1 Å². The lowest BCUT2D eigenvalue weighted by atomic mass is 9.86. The number of ether oxygens (including phenoxy) is 1. The summed E-state index contributed by atoms with van der Waals surface area (Å²) in [5.41, 5.74) is 1.07. The Morgan fingerprint density at radius 2 is 2.04 bits per heavy atom. The van der Waals surface area contributed by atoms with Gasteiger partial charge in [0.2, 0.25) is 5.91 Å². The van der Waals surface area contributed by atoms with Crippen molar-refractivity contribution in [1.82, 2.24) is 9.80 Å². The van der Waals surface area contributed by atoms with E-state index in [0.717, 1.165) is 49.4 Å². The molecular formula is C22H30N2O3. The van der Waals surface area contributed by atoms with Crippen molar-refractivity contribution in [3.05, 3.63) is 36.1 Å². The number of likely N-dealkylation sites (N-methyl/N-ethyl adjacent to an activating group) is 1. The van der Waals surface area contributed by atoms with Gasteiger partial charge in [0.1, 0.15) is 11.5 Å². The van der Waals surface area contributed by atoms with Crippen LogP contribution in [0.2, 0.25) is 0 Å². The summed E-state index contributed by atoms with van der Waals surface area (Å²) in [6, 6.07) is 10.5. The molecule has 5 heteroatoms. The maximum absolute atomic E-state index is 13.0. The molecule has 0 aromatic rings. The molecule has 1 saturated heterocycles. The van der Waals surface area contributed by atoms with Crippen LogP contribution in [0.15, 0.2) is 34.7 Å². The molecule has 5 nitrogen and oxygen atoms in total. The van der Waals surface area contributed by atoms with Crippen LogP contribution < -0.4 is 0 Å². The van der Waals surface area contributed by atoms with Gasteiger partial charge in [-0.25, -0.2) is 0 Å². The van der Waals surface area contributed by atoms with Crippen molar-refractivity contribution in [3.63, 3.8) is 0 Å². The second-order valence-corrected chi connectivity index (χ2v) is 7.98. The second kappa shape index (κ2) is 8.03. The van der Waals surface area contributed by atoms with E-state index in [1.165, 1.54) is 12.8 Å². The molecule has 2 fully saturated rings. The fourth-order valence-electron chi connectivity index (χ4n) is 4.78. The van der Waals surface area contributed by atoms with Crippen molar-refractivity contribution >= 4 is 5.91 Å². The smallest absolute Gasteiger partial charge is 0.230 e. The van der Waals surface area contributed by atoms with E-state index >= 15 is 0 Å². The second-order valence-electron chi connectivity index (χ2n) is 7.98. The lowest BCUT2D eigenvalue weighted by molar-refractivity contribution is -0.135. The highest BCUT2D eigenvalue weighted by Gasteiger charge is 2.38. The van der Waals surface area contributed by atoms with Crippen LogP contribution in [0.1, 0.15) is 37.9 Å². The molecule has 146 valence electrons.